The normalized spacial score (nSPS) is 14.4. The summed E-state index contributed by atoms with van der Waals surface area (Å²) in [7, 11) is 0. The van der Waals surface area contributed by atoms with Crippen LogP contribution in [0.15, 0.2) is 33.8 Å². The zero-order chi connectivity index (χ0) is 17.5. The number of nitrogens with one attached hydrogen (secondary N) is 2. The Hall–Kier alpha value is -2.57. The number of para-hydroxylation sites is 1. The lowest BCUT2D eigenvalue weighted by Crippen LogP contribution is -2.36. The number of aromatic nitrogens is 2. The van der Waals surface area contributed by atoms with Crippen LogP contribution in [0.5, 0.6) is 5.75 Å². The molecule has 1 aliphatic rings. The van der Waals surface area contributed by atoms with E-state index in [4.69, 9.17) is 9.26 Å². The lowest BCUT2D eigenvalue weighted by atomic mass is 10.2. The number of hydrogen-bond donors (Lipinski definition) is 2. The van der Waals surface area contributed by atoms with Crippen molar-refractivity contribution in [2.24, 2.45) is 10.9 Å². The van der Waals surface area contributed by atoms with Crippen LogP contribution in [0.3, 0.4) is 0 Å². The highest BCUT2D eigenvalue weighted by Gasteiger charge is 2.22. The molecular formula is C18H25N5O2. The summed E-state index contributed by atoms with van der Waals surface area (Å²) in [5.74, 6) is 3.52. The third-order valence-electron chi connectivity index (χ3n) is 3.87. The van der Waals surface area contributed by atoms with Gasteiger partial charge in [-0.05, 0) is 38.7 Å². The predicted molar refractivity (Wildman–Crippen MR) is 95.4 cm³/mol. The second-order valence-electron chi connectivity index (χ2n) is 6.15. The first-order valence-electron chi connectivity index (χ1n) is 8.76. The molecule has 0 atom stereocenters. The van der Waals surface area contributed by atoms with Gasteiger partial charge >= 0.3 is 0 Å². The van der Waals surface area contributed by atoms with Crippen molar-refractivity contribution >= 4 is 5.96 Å². The molecule has 0 bridgehead atoms. The van der Waals surface area contributed by atoms with E-state index < -0.39 is 0 Å². The molecule has 7 heteroatoms. The third-order valence-corrected chi connectivity index (χ3v) is 3.87. The van der Waals surface area contributed by atoms with Gasteiger partial charge in [0.2, 0.25) is 5.89 Å². The molecule has 134 valence electrons. The lowest BCUT2D eigenvalue weighted by molar-refractivity contribution is 0.297. The lowest BCUT2D eigenvalue weighted by Gasteiger charge is -2.12. The van der Waals surface area contributed by atoms with Crippen molar-refractivity contribution in [2.45, 2.75) is 39.8 Å². The summed E-state index contributed by atoms with van der Waals surface area (Å²) in [5.41, 5.74) is 1.08. The Balaban J connectivity index is 1.60. The quantitative estimate of drug-likeness (QED) is 0.566. The maximum atomic E-state index is 5.94. The minimum atomic E-state index is 0.437. The van der Waals surface area contributed by atoms with Gasteiger partial charge in [0.05, 0.1) is 19.7 Å². The SMILES string of the molecule is CCNC(=NCc1ccccc1OCC1CC1)NCc1nc(C)no1. The van der Waals surface area contributed by atoms with E-state index >= 15 is 0 Å². The summed E-state index contributed by atoms with van der Waals surface area (Å²) < 4.78 is 11.1. The summed E-state index contributed by atoms with van der Waals surface area (Å²) in [5, 5.41) is 10.2. The van der Waals surface area contributed by atoms with Crippen LogP contribution >= 0.6 is 0 Å². The van der Waals surface area contributed by atoms with Crippen molar-refractivity contribution in [1.29, 1.82) is 0 Å². The molecular weight excluding hydrogens is 318 g/mol. The second-order valence-corrected chi connectivity index (χ2v) is 6.15. The number of aryl methyl sites for hydroxylation is 1. The van der Waals surface area contributed by atoms with Gasteiger partial charge in [0, 0.05) is 12.1 Å². The molecule has 2 N–H and O–H groups in total. The number of benzene rings is 1. The summed E-state index contributed by atoms with van der Waals surface area (Å²) in [6.45, 7) is 6.38. The smallest absolute Gasteiger partial charge is 0.246 e. The van der Waals surface area contributed by atoms with Gasteiger partial charge < -0.3 is 19.9 Å². The van der Waals surface area contributed by atoms with Crippen LogP contribution in [0.4, 0.5) is 0 Å². The van der Waals surface area contributed by atoms with E-state index in [0.29, 0.717) is 30.8 Å². The van der Waals surface area contributed by atoms with Crippen molar-refractivity contribution in [3.8, 4) is 5.75 Å². The van der Waals surface area contributed by atoms with Crippen molar-refractivity contribution in [3.63, 3.8) is 0 Å². The van der Waals surface area contributed by atoms with E-state index in [1.165, 1.54) is 12.8 Å². The number of ether oxygens (including phenoxy) is 1. The van der Waals surface area contributed by atoms with Crippen molar-refractivity contribution in [2.75, 3.05) is 13.2 Å². The van der Waals surface area contributed by atoms with E-state index in [-0.39, 0.29) is 0 Å². The zero-order valence-corrected chi connectivity index (χ0v) is 14.8. The highest BCUT2D eigenvalue weighted by molar-refractivity contribution is 5.79. The molecule has 1 aromatic carbocycles. The molecule has 0 spiro atoms. The van der Waals surface area contributed by atoms with Gasteiger partial charge in [0.1, 0.15) is 5.75 Å². The van der Waals surface area contributed by atoms with Crippen LogP contribution in [0.25, 0.3) is 0 Å². The zero-order valence-electron chi connectivity index (χ0n) is 14.8. The Kier molecular flexibility index (Phi) is 5.87. The maximum Gasteiger partial charge on any atom is 0.246 e. The Labute approximate surface area is 147 Å². The molecule has 25 heavy (non-hydrogen) atoms. The predicted octanol–water partition coefficient (Wildman–Crippen LogP) is 2.42. The molecule has 2 aromatic rings. The number of nitrogens with zero attached hydrogens (tertiary/aromatic N) is 3. The molecule has 0 amide bonds. The Morgan fingerprint density at radius 2 is 2.16 bits per heavy atom. The number of guanidine groups is 1. The summed E-state index contributed by atoms with van der Waals surface area (Å²) >= 11 is 0. The highest BCUT2D eigenvalue weighted by Crippen LogP contribution is 2.30. The minimum absolute atomic E-state index is 0.437. The van der Waals surface area contributed by atoms with Crippen LogP contribution in [-0.2, 0) is 13.1 Å². The number of rotatable bonds is 8. The first kappa shape index (κ1) is 17.3. The molecule has 1 saturated carbocycles. The van der Waals surface area contributed by atoms with Crippen LogP contribution in [0, 0.1) is 12.8 Å². The van der Waals surface area contributed by atoms with Gasteiger partial charge in [0.15, 0.2) is 11.8 Å². The molecule has 0 saturated heterocycles. The van der Waals surface area contributed by atoms with Crippen molar-refractivity contribution in [3.05, 3.63) is 41.5 Å². The Bertz CT molecular complexity index is 709. The third kappa shape index (κ3) is 5.48. The van der Waals surface area contributed by atoms with Gasteiger partial charge in [-0.25, -0.2) is 4.99 Å². The second kappa shape index (κ2) is 8.50. The largest absolute Gasteiger partial charge is 0.493 e. The standard InChI is InChI=1S/C18H25N5O2/c1-3-19-18(21-11-17-22-13(2)23-25-17)20-10-15-6-4-5-7-16(15)24-12-14-8-9-14/h4-7,14H,3,8-12H2,1-2H3,(H2,19,20,21). The fourth-order valence-corrected chi connectivity index (χ4v) is 2.34. The average Bonchev–Trinajstić information content (AvgIpc) is 3.36. The monoisotopic (exact) mass is 343 g/mol. The molecule has 1 aliphatic carbocycles. The molecule has 0 unspecified atom stereocenters. The molecule has 7 nitrogen and oxygen atoms in total. The van der Waals surface area contributed by atoms with Gasteiger partial charge in [0.25, 0.3) is 0 Å². The van der Waals surface area contributed by atoms with E-state index in [2.05, 4.69) is 31.8 Å². The fraction of sp³-hybridized carbons (Fsp3) is 0.500. The molecule has 0 radical (unpaired) electrons. The molecule has 1 heterocycles. The van der Waals surface area contributed by atoms with E-state index in [9.17, 15) is 0 Å². The molecule has 1 aromatic heterocycles. The average molecular weight is 343 g/mol. The Morgan fingerprint density at radius 3 is 2.88 bits per heavy atom. The number of hydrogen-bond acceptors (Lipinski definition) is 5. The highest BCUT2D eigenvalue weighted by atomic mass is 16.5. The molecule has 0 aliphatic heterocycles. The number of aliphatic imine (C=N–C) groups is 1. The molecule has 3 rings (SSSR count). The maximum absolute atomic E-state index is 5.94. The van der Waals surface area contributed by atoms with E-state index in [0.717, 1.165) is 30.4 Å². The topological polar surface area (TPSA) is 84.6 Å². The summed E-state index contributed by atoms with van der Waals surface area (Å²) in [6.07, 6.45) is 2.56. The van der Waals surface area contributed by atoms with Crippen LogP contribution in [0.1, 0.15) is 37.0 Å². The van der Waals surface area contributed by atoms with Gasteiger partial charge in [-0.3, -0.25) is 0 Å². The fourth-order valence-electron chi connectivity index (χ4n) is 2.34. The Morgan fingerprint density at radius 1 is 1.32 bits per heavy atom. The van der Waals surface area contributed by atoms with Crippen LogP contribution < -0.4 is 15.4 Å². The van der Waals surface area contributed by atoms with Crippen molar-refractivity contribution in [1.82, 2.24) is 20.8 Å². The van der Waals surface area contributed by atoms with Crippen LogP contribution in [0.2, 0.25) is 0 Å². The van der Waals surface area contributed by atoms with Crippen molar-refractivity contribution < 1.29 is 9.26 Å². The van der Waals surface area contributed by atoms with Gasteiger partial charge in [-0.15, -0.1) is 0 Å². The first-order chi connectivity index (χ1) is 12.2. The van der Waals surface area contributed by atoms with E-state index in [1.807, 2.05) is 25.1 Å². The van der Waals surface area contributed by atoms with Gasteiger partial charge in [-0.2, -0.15) is 4.98 Å². The molecule has 1 fully saturated rings. The van der Waals surface area contributed by atoms with Gasteiger partial charge in [-0.1, -0.05) is 23.4 Å². The first-order valence-corrected chi connectivity index (χ1v) is 8.76. The minimum Gasteiger partial charge on any atom is -0.493 e. The summed E-state index contributed by atoms with van der Waals surface area (Å²) in [4.78, 5) is 8.81. The summed E-state index contributed by atoms with van der Waals surface area (Å²) in [6, 6.07) is 8.07. The van der Waals surface area contributed by atoms with E-state index in [1.54, 1.807) is 6.92 Å². The van der Waals surface area contributed by atoms with Crippen LogP contribution in [-0.4, -0.2) is 29.3 Å².